The normalized spacial score (nSPS) is 13.0. The highest BCUT2D eigenvalue weighted by Crippen LogP contribution is 2.17. The van der Waals surface area contributed by atoms with Crippen LogP contribution in [0, 0.1) is 0 Å². The van der Waals surface area contributed by atoms with Crippen LogP contribution in [0.2, 0.25) is 0 Å². The molecule has 2 aromatic rings. The Bertz CT molecular complexity index is 709. The fourth-order valence-corrected chi connectivity index (χ4v) is 3.86. The molecule has 0 fully saturated rings. The van der Waals surface area contributed by atoms with Gasteiger partial charge in [0.2, 0.25) is 10.0 Å². The minimum absolute atomic E-state index is 0.125. The number of thiazole rings is 1. The van der Waals surface area contributed by atoms with Gasteiger partial charge in [0.25, 0.3) is 0 Å². The molecule has 0 aliphatic carbocycles. The lowest BCUT2D eigenvalue weighted by molar-refractivity contribution is 0.0697. The predicted molar refractivity (Wildman–Crippen MR) is 79.7 cm³/mol. The number of nitrogens with zero attached hydrogens (tertiary/aromatic N) is 1. The fraction of sp³-hybridized carbons (Fsp3) is 0.231. The van der Waals surface area contributed by atoms with Crippen molar-refractivity contribution >= 4 is 27.3 Å². The van der Waals surface area contributed by atoms with E-state index in [1.54, 1.807) is 18.5 Å². The Kier molecular flexibility index (Phi) is 4.71. The molecule has 0 aliphatic rings. The van der Waals surface area contributed by atoms with Crippen molar-refractivity contribution in [2.75, 3.05) is 0 Å². The van der Waals surface area contributed by atoms with Crippen molar-refractivity contribution in [2.24, 2.45) is 0 Å². The van der Waals surface area contributed by atoms with E-state index in [-0.39, 0.29) is 11.3 Å². The van der Waals surface area contributed by atoms with Crippen LogP contribution >= 0.6 is 11.3 Å². The van der Waals surface area contributed by atoms with E-state index in [9.17, 15) is 13.2 Å². The summed E-state index contributed by atoms with van der Waals surface area (Å²) >= 11 is 1.38. The van der Waals surface area contributed by atoms with E-state index in [1.807, 2.05) is 0 Å². The maximum Gasteiger partial charge on any atom is 0.335 e. The maximum absolute atomic E-state index is 12.1. The smallest absolute Gasteiger partial charge is 0.335 e. The van der Waals surface area contributed by atoms with Crippen LogP contribution in [-0.2, 0) is 15.8 Å². The third kappa shape index (κ3) is 4.35. The molecule has 21 heavy (non-hydrogen) atoms. The molecule has 1 unspecified atom stereocenters. The third-order valence-electron chi connectivity index (χ3n) is 2.74. The average Bonchev–Trinajstić information content (AvgIpc) is 2.92. The Hall–Kier alpha value is -1.77. The van der Waals surface area contributed by atoms with Crippen molar-refractivity contribution in [3.8, 4) is 0 Å². The molecule has 0 amide bonds. The van der Waals surface area contributed by atoms with Gasteiger partial charge in [0.1, 0.15) is 5.01 Å². The van der Waals surface area contributed by atoms with Crippen LogP contribution in [0.1, 0.15) is 33.9 Å². The number of benzene rings is 1. The molecule has 0 aliphatic heterocycles. The number of carboxylic acids is 1. The predicted octanol–water partition coefficient (Wildman–Crippen LogP) is 2.02. The molecular formula is C13H14N2O4S2. The zero-order chi connectivity index (χ0) is 15.5. The Labute approximate surface area is 126 Å². The molecule has 6 nitrogen and oxygen atoms in total. The van der Waals surface area contributed by atoms with Gasteiger partial charge in [-0.05, 0) is 24.6 Å². The molecule has 0 radical (unpaired) electrons. The van der Waals surface area contributed by atoms with Crippen molar-refractivity contribution in [2.45, 2.75) is 18.7 Å². The molecule has 2 N–H and O–H groups in total. The molecule has 1 aromatic carbocycles. The molecular weight excluding hydrogens is 312 g/mol. The molecule has 8 heteroatoms. The molecule has 0 saturated heterocycles. The summed E-state index contributed by atoms with van der Waals surface area (Å²) < 4.78 is 26.7. The number of carbonyl (C=O) groups is 1. The zero-order valence-corrected chi connectivity index (χ0v) is 12.8. The van der Waals surface area contributed by atoms with Crippen LogP contribution in [-0.4, -0.2) is 24.5 Å². The number of aromatic carboxylic acids is 1. The van der Waals surface area contributed by atoms with Crippen molar-refractivity contribution in [1.82, 2.24) is 9.71 Å². The van der Waals surface area contributed by atoms with Gasteiger partial charge in [-0.3, -0.25) is 0 Å². The second kappa shape index (κ2) is 6.33. The minimum atomic E-state index is -3.52. The van der Waals surface area contributed by atoms with Crippen molar-refractivity contribution < 1.29 is 18.3 Å². The molecule has 0 spiro atoms. The van der Waals surface area contributed by atoms with Gasteiger partial charge >= 0.3 is 5.97 Å². The lowest BCUT2D eigenvalue weighted by Crippen LogP contribution is -2.28. The first kappa shape index (κ1) is 15.6. The first-order valence-corrected chi connectivity index (χ1v) is 8.62. The van der Waals surface area contributed by atoms with Crippen LogP contribution in [0.25, 0.3) is 0 Å². The molecule has 1 heterocycles. The molecule has 1 aromatic heterocycles. The molecule has 1 atom stereocenters. The highest BCUT2D eigenvalue weighted by atomic mass is 32.2. The number of sulfonamides is 1. The maximum atomic E-state index is 12.1. The molecule has 2 rings (SSSR count). The van der Waals surface area contributed by atoms with Crippen LogP contribution in [0.15, 0.2) is 35.8 Å². The third-order valence-corrected chi connectivity index (χ3v) is 5.12. The van der Waals surface area contributed by atoms with Gasteiger partial charge in [0, 0.05) is 11.6 Å². The summed E-state index contributed by atoms with van der Waals surface area (Å²) in [6.45, 7) is 1.73. The van der Waals surface area contributed by atoms with Crippen LogP contribution in [0.4, 0.5) is 0 Å². The largest absolute Gasteiger partial charge is 0.478 e. The van der Waals surface area contributed by atoms with Gasteiger partial charge in [0.15, 0.2) is 0 Å². The summed E-state index contributed by atoms with van der Waals surface area (Å²) in [5.41, 5.74) is 0.652. The Morgan fingerprint density at radius 2 is 2.05 bits per heavy atom. The summed E-state index contributed by atoms with van der Waals surface area (Å²) in [4.78, 5) is 14.8. The zero-order valence-electron chi connectivity index (χ0n) is 11.2. The van der Waals surface area contributed by atoms with E-state index in [0.29, 0.717) is 10.6 Å². The highest BCUT2D eigenvalue weighted by Gasteiger charge is 2.18. The Morgan fingerprint density at radius 1 is 1.38 bits per heavy atom. The second-order valence-electron chi connectivity index (χ2n) is 4.47. The van der Waals surface area contributed by atoms with Gasteiger partial charge in [-0.1, -0.05) is 12.1 Å². The number of aromatic nitrogens is 1. The monoisotopic (exact) mass is 326 g/mol. The van der Waals surface area contributed by atoms with E-state index in [4.69, 9.17) is 5.11 Å². The summed E-state index contributed by atoms with van der Waals surface area (Å²) in [5.74, 6) is -1.25. The van der Waals surface area contributed by atoms with E-state index in [2.05, 4.69) is 9.71 Å². The van der Waals surface area contributed by atoms with E-state index < -0.39 is 22.0 Å². The van der Waals surface area contributed by atoms with Crippen molar-refractivity contribution in [3.05, 3.63) is 52.0 Å². The van der Waals surface area contributed by atoms with E-state index >= 15 is 0 Å². The molecule has 112 valence electrons. The lowest BCUT2D eigenvalue weighted by atomic mass is 10.1. The van der Waals surface area contributed by atoms with Crippen LogP contribution < -0.4 is 4.72 Å². The van der Waals surface area contributed by atoms with Crippen LogP contribution in [0.5, 0.6) is 0 Å². The van der Waals surface area contributed by atoms with Gasteiger partial charge in [-0.25, -0.2) is 22.9 Å². The number of rotatable bonds is 6. The van der Waals surface area contributed by atoms with Gasteiger partial charge < -0.3 is 5.11 Å². The fourth-order valence-electron chi connectivity index (χ4n) is 1.77. The first-order chi connectivity index (χ1) is 9.87. The molecule has 0 bridgehead atoms. The average molecular weight is 326 g/mol. The van der Waals surface area contributed by atoms with Gasteiger partial charge in [-0.15, -0.1) is 11.3 Å². The second-order valence-corrected chi connectivity index (χ2v) is 7.15. The highest BCUT2D eigenvalue weighted by molar-refractivity contribution is 7.88. The Balaban J connectivity index is 2.05. The number of carboxylic acid groups (broad SMARTS) is 1. The topological polar surface area (TPSA) is 96.4 Å². The number of hydrogen-bond acceptors (Lipinski definition) is 5. The summed E-state index contributed by atoms with van der Waals surface area (Å²) in [7, 11) is -3.52. The quantitative estimate of drug-likeness (QED) is 0.846. The van der Waals surface area contributed by atoms with Crippen molar-refractivity contribution in [3.63, 3.8) is 0 Å². The summed E-state index contributed by atoms with van der Waals surface area (Å²) in [6.07, 6.45) is 1.62. The van der Waals surface area contributed by atoms with E-state index in [0.717, 1.165) is 0 Å². The summed E-state index contributed by atoms with van der Waals surface area (Å²) in [6, 6.07) is 5.37. The van der Waals surface area contributed by atoms with Gasteiger partial charge in [-0.2, -0.15) is 0 Å². The standard InChI is InChI=1S/C13H14N2O4S2/c1-9(12-14-6-7-20-12)15-21(18,19)8-10-2-4-11(5-3-10)13(16)17/h2-7,9,15H,8H2,1H3,(H,16,17). The number of hydrogen-bond donors (Lipinski definition) is 2. The number of nitrogens with one attached hydrogen (secondary N) is 1. The lowest BCUT2D eigenvalue weighted by Gasteiger charge is -2.12. The minimum Gasteiger partial charge on any atom is -0.478 e. The van der Waals surface area contributed by atoms with Crippen LogP contribution in [0.3, 0.4) is 0 Å². The van der Waals surface area contributed by atoms with Crippen molar-refractivity contribution in [1.29, 1.82) is 0 Å². The van der Waals surface area contributed by atoms with Gasteiger partial charge in [0.05, 0.1) is 17.4 Å². The first-order valence-electron chi connectivity index (χ1n) is 6.09. The SMILES string of the molecule is CC(NS(=O)(=O)Cc1ccc(C(=O)O)cc1)c1nccs1. The Morgan fingerprint density at radius 3 is 2.57 bits per heavy atom. The molecule has 0 saturated carbocycles. The van der Waals surface area contributed by atoms with E-state index in [1.165, 1.54) is 35.6 Å². The summed E-state index contributed by atoms with van der Waals surface area (Å²) in [5, 5.41) is 11.3.